The van der Waals surface area contributed by atoms with Gasteiger partial charge in [0.05, 0.1) is 32.7 Å². The molecule has 0 saturated heterocycles. The zero-order valence-corrected chi connectivity index (χ0v) is 18.7. The summed E-state index contributed by atoms with van der Waals surface area (Å²) in [5.41, 5.74) is 1.08. The highest BCUT2D eigenvalue weighted by atomic mass is 32.2. The van der Waals surface area contributed by atoms with Crippen LogP contribution in [0.25, 0.3) is 0 Å². The second-order valence-electron chi connectivity index (χ2n) is 7.19. The minimum absolute atomic E-state index is 0.188. The molecule has 0 aromatic rings. The fourth-order valence-corrected chi connectivity index (χ4v) is 4.72. The minimum Gasteiger partial charge on any atom is -0.469 e. The van der Waals surface area contributed by atoms with Crippen molar-refractivity contribution in [2.75, 3.05) is 33.1 Å². The van der Waals surface area contributed by atoms with E-state index in [1.54, 1.807) is 12.3 Å². The lowest BCUT2D eigenvalue weighted by molar-refractivity contribution is -0.158. The molecule has 166 valence electrons. The predicted molar refractivity (Wildman–Crippen MR) is 115 cm³/mol. The number of carbonyl (C=O) groups excluding carboxylic acids is 3. The van der Waals surface area contributed by atoms with E-state index >= 15 is 0 Å². The van der Waals surface area contributed by atoms with Gasteiger partial charge in [0.2, 0.25) is 0 Å². The summed E-state index contributed by atoms with van der Waals surface area (Å²) in [5, 5.41) is 1.71. The Kier molecular flexibility index (Phi) is 10.00. The van der Waals surface area contributed by atoms with Gasteiger partial charge in [0.15, 0.2) is 0 Å². The Morgan fingerprint density at radius 1 is 1.17 bits per heavy atom. The summed E-state index contributed by atoms with van der Waals surface area (Å²) in [7, 11) is 2.74. The van der Waals surface area contributed by atoms with Crippen LogP contribution < -0.4 is 0 Å². The summed E-state index contributed by atoms with van der Waals surface area (Å²) in [6.45, 7) is 2.65. The summed E-state index contributed by atoms with van der Waals surface area (Å²) >= 11 is 1.49. The normalized spacial score (nSPS) is 23.8. The van der Waals surface area contributed by atoms with Crippen molar-refractivity contribution in [3.63, 3.8) is 0 Å². The second kappa shape index (κ2) is 12.5. The number of allylic oxidation sites excluding steroid dienone is 2. The maximum atomic E-state index is 12.6. The summed E-state index contributed by atoms with van der Waals surface area (Å²) in [6.07, 6.45) is 10.6. The monoisotopic (exact) mass is 437 g/mol. The third-order valence-electron chi connectivity index (χ3n) is 5.44. The van der Waals surface area contributed by atoms with Crippen molar-refractivity contribution in [3.8, 4) is 0 Å². The average Bonchev–Trinajstić information content (AvgIpc) is 2.77. The van der Waals surface area contributed by atoms with Crippen LogP contribution in [-0.4, -0.2) is 55.9 Å². The van der Waals surface area contributed by atoms with Gasteiger partial charge in [-0.2, -0.15) is 0 Å². The van der Waals surface area contributed by atoms with Gasteiger partial charge in [0, 0.05) is 36.2 Å². The Morgan fingerprint density at radius 3 is 2.57 bits per heavy atom. The van der Waals surface area contributed by atoms with E-state index < -0.39 is 5.97 Å². The van der Waals surface area contributed by atoms with Crippen LogP contribution in [0, 0.1) is 17.8 Å². The highest BCUT2D eigenvalue weighted by Crippen LogP contribution is 2.38. The van der Waals surface area contributed by atoms with Crippen molar-refractivity contribution in [1.29, 1.82) is 0 Å². The molecule has 2 aliphatic rings. The van der Waals surface area contributed by atoms with Crippen LogP contribution in [0.1, 0.15) is 32.6 Å². The van der Waals surface area contributed by atoms with E-state index in [4.69, 9.17) is 9.47 Å². The lowest BCUT2D eigenvalue weighted by Crippen LogP contribution is -2.44. The molecule has 30 heavy (non-hydrogen) atoms. The van der Waals surface area contributed by atoms with Crippen molar-refractivity contribution in [1.82, 2.24) is 4.90 Å². The van der Waals surface area contributed by atoms with E-state index in [-0.39, 0.29) is 29.7 Å². The van der Waals surface area contributed by atoms with Crippen LogP contribution in [0.2, 0.25) is 0 Å². The van der Waals surface area contributed by atoms with Crippen LogP contribution in [0.3, 0.4) is 0 Å². The van der Waals surface area contributed by atoms with Gasteiger partial charge in [-0.1, -0.05) is 18.6 Å². The number of carbonyl (C=O) groups is 3. The molecule has 7 nitrogen and oxygen atoms in total. The summed E-state index contributed by atoms with van der Waals surface area (Å²) in [6, 6.07) is 0. The van der Waals surface area contributed by atoms with Gasteiger partial charge in [-0.15, -0.1) is 11.8 Å². The van der Waals surface area contributed by atoms with Crippen molar-refractivity contribution < 1.29 is 28.6 Å². The summed E-state index contributed by atoms with van der Waals surface area (Å²) in [4.78, 5) is 38.4. The SMILES string of the molecule is CCOC(=O)C1CCCC(C(=O)OC)C1CN1C=CCC=C1CSC=CC(=O)OC. The molecule has 1 heterocycles. The highest BCUT2D eigenvalue weighted by Gasteiger charge is 2.43. The van der Waals surface area contributed by atoms with Crippen LogP contribution >= 0.6 is 11.8 Å². The third kappa shape index (κ3) is 6.65. The number of hydrogen-bond donors (Lipinski definition) is 0. The Hall–Kier alpha value is -2.22. The first kappa shape index (κ1) is 24.1. The van der Waals surface area contributed by atoms with E-state index in [0.29, 0.717) is 31.7 Å². The molecule has 3 unspecified atom stereocenters. The van der Waals surface area contributed by atoms with Gasteiger partial charge in [-0.05, 0) is 31.6 Å². The fourth-order valence-electron chi connectivity index (χ4n) is 3.96. The molecule has 1 fully saturated rings. The van der Waals surface area contributed by atoms with Crippen LogP contribution in [-0.2, 0) is 28.6 Å². The smallest absolute Gasteiger partial charge is 0.330 e. The highest BCUT2D eigenvalue weighted by molar-refractivity contribution is 8.02. The van der Waals surface area contributed by atoms with E-state index in [1.165, 1.54) is 32.1 Å². The molecule has 3 atom stereocenters. The number of nitrogens with zero attached hydrogens (tertiary/aromatic N) is 1. The van der Waals surface area contributed by atoms with Gasteiger partial charge < -0.3 is 19.1 Å². The number of methoxy groups -OCH3 is 2. The van der Waals surface area contributed by atoms with Crippen molar-refractivity contribution >= 4 is 29.7 Å². The first-order valence-corrected chi connectivity index (χ1v) is 11.3. The Morgan fingerprint density at radius 2 is 1.90 bits per heavy atom. The van der Waals surface area contributed by atoms with Crippen molar-refractivity contribution in [3.05, 3.63) is 35.5 Å². The van der Waals surface area contributed by atoms with Crippen LogP contribution in [0.4, 0.5) is 0 Å². The predicted octanol–water partition coefficient (Wildman–Crippen LogP) is 3.28. The molecule has 0 aromatic carbocycles. The Bertz CT molecular complexity index is 702. The minimum atomic E-state index is -0.391. The van der Waals surface area contributed by atoms with Crippen LogP contribution in [0.15, 0.2) is 35.5 Å². The molecular formula is C22H31NO6S. The first-order chi connectivity index (χ1) is 14.5. The largest absolute Gasteiger partial charge is 0.469 e. The average molecular weight is 438 g/mol. The van der Waals surface area contributed by atoms with Crippen molar-refractivity contribution in [2.45, 2.75) is 32.6 Å². The lowest BCUT2D eigenvalue weighted by atomic mass is 9.71. The standard InChI is InChI=1S/C22H31NO6S/c1-4-29-22(26)18-10-7-9-17(21(25)28-3)19(18)14-23-12-6-5-8-16(23)15-30-13-11-20(24)27-2/h6,8,11-13,17-19H,4-5,7,9-10,14-15H2,1-3H3. The van der Waals surface area contributed by atoms with E-state index in [0.717, 1.165) is 18.5 Å². The molecular weight excluding hydrogens is 406 g/mol. The molecule has 0 radical (unpaired) electrons. The first-order valence-electron chi connectivity index (χ1n) is 10.2. The van der Waals surface area contributed by atoms with Gasteiger partial charge >= 0.3 is 17.9 Å². The molecule has 0 N–H and O–H groups in total. The van der Waals surface area contributed by atoms with Crippen molar-refractivity contribution in [2.24, 2.45) is 17.8 Å². The topological polar surface area (TPSA) is 82.1 Å². The number of hydrogen-bond acceptors (Lipinski definition) is 8. The third-order valence-corrected chi connectivity index (χ3v) is 6.23. The Labute approximate surface area is 182 Å². The maximum Gasteiger partial charge on any atom is 0.330 e. The van der Waals surface area contributed by atoms with Crippen LogP contribution in [0.5, 0.6) is 0 Å². The number of rotatable bonds is 9. The van der Waals surface area contributed by atoms with E-state index in [9.17, 15) is 14.4 Å². The zero-order chi connectivity index (χ0) is 21.9. The molecule has 8 heteroatoms. The molecule has 0 amide bonds. The van der Waals surface area contributed by atoms with E-state index in [2.05, 4.69) is 15.7 Å². The zero-order valence-electron chi connectivity index (χ0n) is 17.9. The van der Waals surface area contributed by atoms with Gasteiger partial charge in [-0.25, -0.2) is 4.79 Å². The molecule has 0 aromatic heterocycles. The molecule has 0 spiro atoms. The number of esters is 3. The Balaban J connectivity index is 2.13. The van der Waals surface area contributed by atoms with Gasteiger partial charge in [-0.3, -0.25) is 9.59 Å². The quantitative estimate of drug-likeness (QED) is 0.309. The second-order valence-corrected chi connectivity index (χ2v) is 8.08. The molecule has 1 aliphatic heterocycles. The maximum absolute atomic E-state index is 12.6. The summed E-state index contributed by atoms with van der Waals surface area (Å²) in [5.74, 6) is -1.08. The number of thioether (sulfide) groups is 1. The number of ether oxygens (including phenoxy) is 3. The molecule has 0 bridgehead atoms. The lowest BCUT2D eigenvalue weighted by Gasteiger charge is -2.39. The van der Waals surface area contributed by atoms with Gasteiger partial charge in [0.25, 0.3) is 0 Å². The molecule has 2 rings (SSSR count). The fraction of sp³-hybridized carbons (Fsp3) is 0.591. The van der Waals surface area contributed by atoms with Gasteiger partial charge in [0.1, 0.15) is 0 Å². The molecule has 1 saturated carbocycles. The molecule has 1 aliphatic carbocycles. The summed E-state index contributed by atoms with van der Waals surface area (Å²) < 4.78 is 14.9. The van der Waals surface area contributed by atoms with E-state index in [1.807, 2.05) is 12.3 Å².